The molecule has 1 aromatic heterocycles. The molecule has 166 valence electrons. The zero-order valence-electron chi connectivity index (χ0n) is 17.5. The van der Waals surface area contributed by atoms with Crippen LogP contribution in [-0.2, 0) is 20.2 Å². The van der Waals surface area contributed by atoms with Crippen LogP contribution in [0.25, 0.3) is 0 Å². The molecular weight excluding hydrogens is 441 g/mol. The second-order valence-electron chi connectivity index (χ2n) is 6.70. The van der Waals surface area contributed by atoms with Gasteiger partial charge in [-0.25, -0.2) is 9.07 Å². The molecule has 0 fully saturated rings. The summed E-state index contributed by atoms with van der Waals surface area (Å²) < 4.78 is 26.5. The molecule has 3 aromatic rings. The molecule has 0 saturated heterocycles. The Balaban J connectivity index is 1.48. The molecule has 31 heavy (non-hydrogen) atoms. The van der Waals surface area contributed by atoms with Crippen molar-refractivity contribution in [1.82, 2.24) is 25.5 Å². The maximum Gasteiger partial charge on any atom is 0.209 e. The van der Waals surface area contributed by atoms with Crippen molar-refractivity contribution in [2.75, 3.05) is 18.9 Å². The highest BCUT2D eigenvalue weighted by atomic mass is 35.5. The molecule has 1 N–H and O–H groups in total. The first-order valence-corrected chi connectivity index (χ1v) is 11.3. The van der Waals surface area contributed by atoms with Crippen molar-refractivity contribution in [3.05, 3.63) is 58.4 Å². The van der Waals surface area contributed by atoms with E-state index in [1.807, 2.05) is 32.2 Å². The fourth-order valence-electron chi connectivity index (χ4n) is 2.78. The van der Waals surface area contributed by atoms with Gasteiger partial charge in [0.25, 0.3) is 0 Å². The van der Waals surface area contributed by atoms with Gasteiger partial charge in [-0.3, -0.25) is 0 Å². The van der Waals surface area contributed by atoms with Gasteiger partial charge in [0.1, 0.15) is 12.4 Å². The van der Waals surface area contributed by atoms with Crippen molar-refractivity contribution in [2.24, 2.45) is 7.05 Å². The van der Waals surface area contributed by atoms with Crippen LogP contribution >= 0.6 is 23.4 Å². The lowest BCUT2D eigenvalue weighted by molar-refractivity contribution is 0.269. The lowest BCUT2D eigenvalue weighted by atomic mass is 10.2. The van der Waals surface area contributed by atoms with Crippen LogP contribution in [-0.4, -0.2) is 39.1 Å². The number of tetrazole rings is 1. The van der Waals surface area contributed by atoms with E-state index in [1.165, 1.54) is 12.1 Å². The van der Waals surface area contributed by atoms with E-state index in [0.29, 0.717) is 28.7 Å². The van der Waals surface area contributed by atoms with E-state index in [-0.39, 0.29) is 12.4 Å². The van der Waals surface area contributed by atoms with Crippen LogP contribution in [0.2, 0.25) is 5.02 Å². The maximum absolute atomic E-state index is 13.2. The minimum Gasteiger partial charge on any atom is -0.490 e. The first-order chi connectivity index (χ1) is 15.1. The second-order valence-corrected chi connectivity index (χ2v) is 8.17. The van der Waals surface area contributed by atoms with Crippen LogP contribution in [0.5, 0.6) is 11.5 Å². The average molecular weight is 466 g/mol. The lowest BCUT2D eigenvalue weighted by Crippen LogP contribution is -2.15. The van der Waals surface area contributed by atoms with Gasteiger partial charge in [0.05, 0.1) is 11.6 Å². The van der Waals surface area contributed by atoms with Gasteiger partial charge < -0.3 is 14.8 Å². The standard InChI is InChI=1S/C21H25ClFN5O2S/c1-3-29-20-11-15(13-24-9-4-10-31-21-25-26-27-28(21)2)5-8-19(20)30-14-16-6-7-17(23)12-18(16)22/h5-8,11-12,24H,3-4,9-10,13-14H2,1-2H3. The third-order valence-electron chi connectivity index (χ3n) is 4.35. The second kappa shape index (κ2) is 11.9. The summed E-state index contributed by atoms with van der Waals surface area (Å²) in [5.74, 6) is 1.86. The van der Waals surface area contributed by atoms with Gasteiger partial charge in [-0.15, -0.1) is 5.10 Å². The van der Waals surface area contributed by atoms with Gasteiger partial charge in [0.15, 0.2) is 11.5 Å². The van der Waals surface area contributed by atoms with Crippen molar-refractivity contribution < 1.29 is 13.9 Å². The molecule has 0 atom stereocenters. The maximum atomic E-state index is 13.2. The number of aromatic nitrogens is 4. The summed E-state index contributed by atoms with van der Waals surface area (Å²) in [7, 11) is 1.83. The van der Waals surface area contributed by atoms with Crippen LogP contribution in [0.1, 0.15) is 24.5 Å². The van der Waals surface area contributed by atoms with Crippen LogP contribution in [0.15, 0.2) is 41.6 Å². The van der Waals surface area contributed by atoms with E-state index in [1.54, 1.807) is 22.5 Å². The monoisotopic (exact) mass is 465 g/mol. The first kappa shape index (κ1) is 23.3. The fraction of sp³-hybridized carbons (Fsp3) is 0.381. The van der Waals surface area contributed by atoms with Crippen molar-refractivity contribution in [3.63, 3.8) is 0 Å². The number of thioether (sulfide) groups is 1. The predicted molar refractivity (Wildman–Crippen MR) is 119 cm³/mol. The molecule has 7 nitrogen and oxygen atoms in total. The van der Waals surface area contributed by atoms with Gasteiger partial charge in [0, 0.05) is 24.9 Å². The van der Waals surface area contributed by atoms with Gasteiger partial charge >= 0.3 is 0 Å². The van der Waals surface area contributed by atoms with E-state index in [0.717, 1.165) is 36.0 Å². The SMILES string of the molecule is CCOc1cc(CNCCCSc2nnnn2C)ccc1OCc1ccc(F)cc1Cl. The first-order valence-electron chi connectivity index (χ1n) is 9.95. The third-order valence-corrected chi connectivity index (χ3v) is 5.79. The number of hydrogen-bond acceptors (Lipinski definition) is 7. The highest BCUT2D eigenvalue weighted by Gasteiger charge is 2.09. The Kier molecular flexibility index (Phi) is 8.93. The highest BCUT2D eigenvalue weighted by Crippen LogP contribution is 2.30. The molecule has 0 radical (unpaired) electrons. The quantitative estimate of drug-likeness (QED) is 0.316. The van der Waals surface area contributed by atoms with E-state index in [4.69, 9.17) is 21.1 Å². The number of halogens is 2. The summed E-state index contributed by atoms with van der Waals surface area (Å²) in [4.78, 5) is 0. The van der Waals surface area contributed by atoms with E-state index < -0.39 is 0 Å². The molecular formula is C21H25ClFN5O2S. The Hall–Kier alpha value is -2.36. The summed E-state index contributed by atoms with van der Waals surface area (Å²) in [5.41, 5.74) is 1.81. The molecule has 0 aliphatic carbocycles. The van der Waals surface area contributed by atoms with E-state index in [2.05, 4.69) is 20.8 Å². The molecule has 0 spiro atoms. The van der Waals surface area contributed by atoms with Crippen molar-refractivity contribution in [2.45, 2.75) is 31.7 Å². The van der Waals surface area contributed by atoms with E-state index in [9.17, 15) is 4.39 Å². The lowest BCUT2D eigenvalue weighted by Gasteiger charge is -2.14. The number of benzene rings is 2. The van der Waals surface area contributed by atoms with Gasteiger partial charge in [-0.2, -0.15) is 0 Å². The van der Waals surface area contributed by atoms with E-state index >= 15 is 0 Å². The molecule has 0 saturated carbocycles. The minimum absolute atomic E-state index is 0.232. The van der Waals surface area contributed by atoms with Crippen molar-refractivity contribution >= 4 is 23.4 Å². The molecule has 2 aromatic carbocycles. The Morgan fingerprint density at radius 3 is 2.77 bits per heavy atom. The summed E-state index contributed by atoms with van der Waals surface area (Å²) in [6.07, 6.45) is 0.996. The summed E-state index contributed by atoms with van der Waals surface area (Å²) in [6, 6.07) is 10.1. The predicted octanol–water partition coefficient (Wildman–Crippen LogP) is 4.25. The molecule has 10 heteroatoms. The third kappa shape index (κ3) is 7.09. The molecule has 0 aliphatic rings. The van der Waals surface area contributed by atoms with Crippen LogP contribution in [0.4, 0.5) is 4.39 Å². The minimum atomic E-state index is -0.371. The molecule has 0 bridgehead atoms. The Morgan fingerprint density at radius 2 is 2.03 bits per heavy atom. The van der Waals surface area contributed by atoms with Crippen molar-refractivity contribution in [1.29, 1.82) is 0 Å². The Morgan fingerprint density at radius 1 is 1.16 bits per heavy atom. The zero-order valence-corrected chi connectivity index (χ0v) is 19.0. The largest absolute Gasteiger partial charge is 0.490 e. The van der Waals surface area contributed by atoms with Gasteiger partial charge in [-0.1, -0.05) is 35.5 Å². The number of hydrogen-bond donors (Lipinski definition) is 1. The van der Waals surface area contributed by atoms with Crippen LogP contribution in [0.3, 0.4) is 0 Å². The van der Waals surface area contributed by atoms with Gasteiger partial charge in [-0.05, 0) is 60.1 Å². The number of rotatable bonds is 12. The Labute approximate surface area is 190 Å². The molecule has 0 unspecified atom stereocenters. The smallest absolute Gasteiger partial charge is 0.209 e. The topological polar surface area (TPSA) is 74.1 Å². The number of ether oxygens (including phenoxy) is 2. The summed E-state index contributed by atoms with van der Waals surface area (Å²) in [5, 5.41) is 16.0. The van der Waals surface area contributed by atoms with Crippen molar-refractivity contribution in [3.8, 4) is 11.5 Å². The number of nitrogens with one attached hydrogen (secondary N) is 1. The molecule has 0 aliphatic heterocycles. The zero-order chi connectivity index (χ0) is 22.1. The highest BCUT2D eigenvalue weighted by molar-refractivity contribution is 7.99. The normalized spacial score (nSPS) is 11.0. The fourth-order valence-corrected chi connectivity index (χ4v) is 3.79. The van der Waals surface area contributed by atoms with Crippen LogP contribution in [0, 0.1) is 5.82 Å². The number of nitrogens with zero attached hydrogens (tertiary/aromatic N) is 4. The average Bonchev–Trinajstić information content (AvgIpc) is 3.16. The van der Waals surface area contributed by atoms with Gasteiger partial charge in [0.2, 0.25) is 5.16 Å². The number of aryl methyl sites for hydroxylation is 1. The molecule has 0 amide bonds. The molecule has 1 heterocycles. The summed E-state index contributed by atoms with van der Waals surface area (Å²) in [6.45, 7) is 4.29. The Bertz CT molecular complexity index is 988. The van der Waals surface area contributed by atoms with Crippen LogP contribution < -0.4 is 14.8 Å². The summed E-state index contributed by atoms with van der Waals surface area (Å²) >= 11 is 7.72. The molecule has 3 rings (SSSR count).